The minimum absolute atomic E-state index is 0.0188. The van der Waals surface area contributed by atoms with Crippen LogP contribution >= 0.6 is 0 Å². The molecular weight excluding hydrogens is 1780 g/mol. The Hall–Kier alpha value is -7.39. The number of aliphatic hydroxyl groups is 5. The minimum atomic E-state index is -1.99. The molecule has 0 aliphatic carbocycles. The predicted molar refractivity (Wildman–Crippen MR) is 511 cm³/mol. The van der Waals surface area contributed by atoms with Crippen LogP contribution in [0, 0.1) is 47.3 Å². The SMILES string of the molecule is CC[C@H]1OC(=O)[C@H](C)[C@@H](OC2C[C@@](C)(OC)[C@@H](OC(=O)c3ccccc3)[C@H](C)O2)[C@H](C)[C@@H](OC2O[C@H](C)C[C@H](N(C)C)[C@H]2OC(=O)c2ccccc2)[C@@](C)(OC)C[C@@H](C)C(=O)[C@H](C)[C@@H](O)[C@@]1(O)CC.CC[C@H]1OC(=O)[C@H](C)[C@@H](OC2C[C@@](C)(OC)[C@@H](OC(=O)c3ccccc3)[C@H](C)O2)[C@H](C)[C@@H](OC2O[C@H](C)C[C@H](N(C)C)[C@H]2OC(=O)c2ccccc2)[C@@](C)(OC)C[C@@H](C)[C@H](O)[C@H](C)[C@@H](O)[C@@]1(O)CC. The molecule has 4 aromatic carbocycles. The van der Waals surface area contributed by atoms with Gasteiger partial charge in [-0.1, -0.05) is 142 Å². The average molecular weight is 1940 g/mol. The molecule has 6 aliphatic rings. The fourth-order valence-corrected chi connectivity index (χ4v) is 21.6. The number of ketones is 1. The molecule has 0 saturated carbocycles. The summed E-state index contributed by atoms with van der Waals surface area (Å²) in [5.41, 5.74) is -7.45. The molecule has 10 rings (SSSR count). The molecule has 0 amide bonds. The maximum atomic E-state index is 14.8. The summed E-state index contributed by atoms with van der Waals surface area (Å²) in [5, 5.41) is 60.3. The van der Waals surface area contributed by atoms with E-state index in [1.54, 1.807) is 205 Å². The topological polar surface area (TPSA) is 393 Å². The molecule has 6 fully saturated rings. The number of likely N-dealkylation sites (N-methyl/N-ethyl adjacent to an activating group) is 2. The molecule has 6 saturated heterocycles. The number of hydrogen-bond donors (Lipinski definition) is 5. The maximum Gasteiger partial charge on any atom is 0.338 e. The third-order valence-corrected chi connectivity index (χ3v) is 30.4. The fourth-order valence-electron chi connectivity index (χ4n) is 21.6. The van der Waals surface area contributed by atoms with E-state index in [2.05, 4.69) is 0 Å². The van der Waals surface area contributed by atoms with Crippen molar-refractivity contribution in [1.82, 2.24) is 9.80 Å². The highest BCUT2D eigenvalue weighted by molar-refractivity contribution is 5.91. The molecule has 0 spiro atoms. The van der Waals surface area contributed by atoms with Gasteiger partial charge in [0.1, 0.15) is 40.4 Å². The first-order chi connectivity index (χ1) is 65.0. The molecule has 774 valence electrons. The van der Waals surface area contributed by atoms with Crippen LogP contribution in [0.1, 0.15) is 244 Å². The van der Waals surface area contributed by atoms with Crippen LogP contribution in [0.25, 0.3) is 0 Å². The van der Waals surface area contributed by atoms with Gasteiger partial charge in [-0.15, -0.1) is 0 Å². The summed E-state index contributed by atoms with van der Waals surface area (Å²) in [4.78, 5) is 102. The van der Waals surface area contributed by atoms with Gasteiger partial charge in [-0.05, 0) is 203 Å². The highest BCUT2D eigenvalue weighted by atomic mass is 16.7. The van der Waals surface area contributed by atoms with Gasteiger partial charge in [0.25, 0.3) is 0 Å². The second-order valence-corrected chi connectivity index (χ2v) is 40.7. The number of ether oxygens (including phenoxy) is 18. The van der Waals surface area contributed by atoms with Gasteiger partial charge in [0, 0.05) is 70.9 Å². The summed E-state index contributed by atoms with van der Waals surface area (Å²) < 4.78 is 117. The highest BCUT2D eigenvalue weighted by Gasteiger charge is 2.60. The number of carbonyl (C=O) groups is 7. The molecule has 4 unspecified atom stereocenters. The van der Waals surface area contributed by atoms with Crippen LogP contribution in [-0.2, 0) is 99.6 Å². The van der Waals surface area contributed by atoms with Gasteiger partial charge in [0.15, 0.2) is 49.6 Å². The molecule has 0 aromatic heterocycles. The van der Waals surface area contributed by atoms with E-state index in [9.17, 15) is 59.1 Å². The third kappa shape index (κ3) is 26.2. The largest absolute Gasteiger partial charge is 0.459 e. The Morgan fingerprint density at radius 2 is 0.703 bits per heavy atom. The average Bonchev–Trinajstić information content (AvgIpc) is 0.764. The summed E-state index contributed by atoms with van der Waals surface area (Å²) in [6.07, 6.45) is -19.8. The smallest absolute Gasteiger partial charge is 0.338 e. The number of Topliss-reactive ketones (excluding diaryl/α,β-unsaturated/α-hetero) is 1. The summed E-state index contributed by atoms with van der Waals surface area (Å²) in [7, 11) is 13.7. The van der Waals surface area contributed by atoms with Crippen LogP contribution in [0.3, 0.4) is 0 Å². The molecule has 0 radical (unpaired) electrons. The van der Waals surface area contributed by atoms with Crippen molar-refractivity contribution in [3.8, 4) is 0 Å². The van der Waals surface area contributed by atoms with Crippen LogP contribution in [-0.4, -0.2) is 308 Å². The normalized spacial score (nSPS) is 40.1. The number of nitrogens with zero attached hydrogens (tertiary/aromatic N) is 2. The molecular formula is C106H160N2O30. The van der Waals surface area contributed by atoms with Gasteiger partial charge in [-0.2, -0.15) is 0 Å². The molecule has 6 heterocycles. The van der Waals surface area contributed by atoms with Crippen LogP contribution in [0.5, 0.6) is 0 Å². The number of rotatable bonds is 26. The number of methoxy groups -OCH3 is 4. The number of benzene rings is 4. The van der Waals surface area contributed by atoms with E-state index in [4.69, 9.17) is 85.3 Å². The van der Waals surface area contributed by atoms with Gasteiger partial charge >= 0.3 is 35.8 Å². The number of cyclic esters (lactones) is 2. The van der Waals surface area contributed by atoms with Crippen LogP contribution in [0.4, 0.5) is 0 Å². The summed E-state index contributed by atoms with van der Waals surface area (Å²) in [6, 6.07) is 33.8. The lowest BCUT2D eigenvalue weighted by Crippen LogP contribution is -2.62. The van der Waals surface area contributed by atoms with Crippen molar-refractivity contribution in [2.24, 2.45) is 47.3 Å². The van der Waals surface area contributed by atoms with Crippen molar-refractivity contribution in [2.75, 3.05) is 56.6 Å². The predicted octanol–water partition coefficient (Wildman–Crippen LogP) is 12.9. The van der Waals surface area contributed by atoms with Crippen molar-refractivity contribution >= 4 is 41.6 Å². The van der Waals surface area contributed by atoms with Crippen molar-refractivity contribution in [1.29, 1.82) is 0 Å². The monoisotopic (exact) mass is 1940 g/mol. The second kappa shape index (κ2) is 49.3. The van der Waals surface area contributed by atoms with Crippen LogP contribution in [0.15, 0.2) is 121 Å². The Morgan fingerprint density at radius 1 is 0.391 bits per heavy atom. The molecule has 32 nitrogen and oxygen atoms in total. The third-order valence-electron chi connectivity index (χ3n) is 30.4. The van der Waals surface area contributed by atoms with Gasteiger partial charge in [0.05, 0.1) is 125 Å². The number of esters is 6. The Bertz CT molecular complexity index is 4520. The Morgan fingerprint density at radius 3 is 1.01 bits per heavy atom. The van der Waals surface area contributed by atoms with Gasteiger partial charge in [0.2, 0.25) is 0 Å². The zero-order chi connectivity index (χ0) is 102. The van der Waals surface area contributed by atoms with Crippen LogP contribution < -0.4 is 0 Å². The maximum absolute atomic E-state index is 14.8. The number of carbonyl (C=O) groups excluding carboxylic acids is 7. The van der Waals surface area contributed by atoms with E-state index in [0.29, 0.717) is 35.1 Å². The Kier molecular flexibility index (Phi) is 40.8. The number of aliphatic hydroxyl groups excluding tert-OH is 3. The zero-order valence-corrected chi connectivity index (χ0v) is 86.4. The second-order valence-electron chi connectivity index (χ2n) is 40.7. The minimum Gasteiger partial charge on any atom is -0.459 e. The van der Waals surface area contributed by atoms with Crippen molar-refractivity contribution in [3.05, 3.63) is 144 Å². The quantitative estimate of drug-likeness (QED) is 0.0288. The lowest BCUT2D eigenvalue weighted by atomic mass is 9.72. The lowest BCUT2D eigenvalue weighted by Gasteiger charge is -2.51. The summed E-state index contributed by atoms with van der Waals surface area (Å²) in [6.45, 7) is 35.3. The molecule has 6 aliphatic heterocycles. The highest BCUT2D eigenvalue weighted by Crippen LogP contribution is 2.48. The standard InChI is InChI=1S/C53H81NO15.C53H79NO15/c2*1-15-39-53(60,16-2)44(56)32(5)41(55)30(3)28-51(9,61-13)45(69-50-43(38(54(11)12)27-31(4)63-50)67-48(58)36-23-19-17-20-24-36)33(6)42(34(7)47(57)65-39)66-40-29-52(10,62-14)46(35(8)64-40)68-49(59)37-25-21-18-22-26-37/h17-26,30-35,38-46,50,55-56,60H,15-16,27-29H2,1-14H3;17-26,30-35,38-40,42-46,50,56,60H,15-16,27-29H2,1-14H3/t30-,31-,32+,33+,34-,35+,38+,39-,40?,41+,42+,43-,44-,45-,46+,50?,51+,52-,53-;30-,31-,32+,33+,34-,35+,38+,39-,40?,42+,43-,44-,45-,46+,50?,51+,52-,53-/m11/s1. The molecule has 37 atom stereocenters. The molecule has 5 N–H and O–H groups in total. The molecule has 32 heteroatoms. The van der Waals surface area contributed by atoms with E-state index < -0.39 is 233 Å². The summed E-state index contributed by atoms with van der Waals surface area (Å²) >= 11 is 0. The molecule has 4 aromatic rings. The number of hydrogen-bond acceptors (Lipinski definition) is 32. The van der Waals surface area contributed by atoms with Crippen molar-refractivity contribution < 1.29 is 144 Å². The first kappa shape index (κ1) is 114. The van der Waals surface area contributed by atoms with E-state index in [1.165, 1.54) is 28.4 Å². The van der Waals surface area contributed by atoms with Gasteiger partial charge in [-0.3, -0.25) is 14.4 Å². The van der Waals surface area contributed by atoms with Crippen LogP contribution in [0.2, 0.25) is 0 Å². The first-order valence-electron chi connectivity index (χ1n) is 49.2. The van der Waals surface area contributed by atoms with Gasteiger partial charge < -0.3 is 121 Å². The van der Waals surface area contributed by atoms with Crippen molar-refractivity contribution in [3.63, 3.8) is 0 Å². The molecule has 0 bridgehead atoms. The molecule has 138 heavy (non-hydrogen) atoms. The Balaban J connectivity index is 0.000000309. The summed E-state index contributed by atoms with van der Waals surface area (Å²) in [5.74, 6) is -11.2. The fraction of sp³-hybridized carbons (Fsp3) is 0.708. The Labute approximate surface area is 816 Å². The zero-order valence-electron chi connectivity index (χ0n) is 86.4. The first-order valence-corrected chi connectivity index (χ1v) is 49.2. The van der Waals surface area contributed by atoms with E-state index in [1.807, 2.05) is 92.5 Å². The lowest BCUT2D eigenvalue weighted by molar-refractivity contribution is -0.319. The van der Waals surface area contributed by atoms with E-state index >= 15 is 0 Å². The van der Waals surface area contributed by atoms with E-state index in [0.717, 1.165) is 0 Å². The van der Waals surface area contributed by atoms with Gasteiger partial charge in [-0.25, -0.2) is 19.2 Å². The van der Waals surface area contributed by atoms with E-state index in [-0.39, 0.29) is 81.4 Å². The van der Waals surface area contributed by atoms with Crippen molar-refractivity contribution in [2.45, 2.75) is 377 Å².